The zero-order valence-electron chi connectivity index (χ0n) is 17.0. The number of nitrogens with zero attached hydrogens (tertiary/aromatic N) is 1. The molecule has 0 bridgehead atoms. The van der Waals surface area contributed by atoms with E-state index in [1.807, 2.05) is 31.2 Å². The first-order valence-corrected chi connectivity index (χ1v) is 12.3. The molecule has 1 aromatic carbocycles. The lowest BCUT2D eigenvalue weighted by molar-refractivity contribution is -0.110. The van der Waals surface area contributed by atoms with Gasteiger partial charge in [-0.25, -0.2) is 12.7 Å². The summed E-state index contributed by atoms with van der Waals surface area (Å²) in [5.74, 6) is 0.628. The Morgan fingerprint density at radius 3 is 2.32 bits per heavy atom. The van der Waals surface area contributed by atoms with Gasteiger partial charge in [-0.05, 0) is 49.8 Å². The van der Waals surface area contributed by atoms with E-state index in [9.17, 15) is 13.2 Å². The lowest BCUT2D eigenvalue weighted by Gasteiger charge is -2.13. The maximum absolute atomic E-state index is 13.3. The fraction of sp³-hybridized carbons (Fsp3) is 0.476. The first-order valence-electron chi connectivity index (χ1n) is 9.34. The van der Waals surface area contributed by atoms with Gasteiger partial charge in [-0.2, -0.15) is 0 Å². The molecule has 1 fully saturated rings. The van der Waals surface area contributed by atoms with Crippen LogP contribution in [-0.2, 0) is 31.0 Å². The van der Waals surface area contributed by atoms with Crippen LogP contribution in [0.4, 0.5) is 0 Å². The molecule has 1 aliphatic heterocycles. The van der Waals surface area contributed by atoms with Crippen molar-refractivity contribution in [3.05, 3.63) is 51.8 Å². The smallest absolute Gasteiger partial charge is 0.202 e. The van der Waals surface area contributed by atoms with Crippen molar-refractivity contribution in [3.63, 3.8) is 0 Å². The quantitative estimate of drug-likeness (QED) is 0.685. The number of allylic oxidation sites excluding steroid dienone is 2. The Bertz CT molecular complexity index is 909. The molecular weight excluding hydrogens is 394 g/mol. The highest BCUT2D eigenvalue weighted by Crippen LogP contribution is 2.39. The van der Waals surface area contributed by atoms with Crippen LogP contribution >= 0.6 is 0 Å². The summed E-state index contributed by atoms with van der Waals surface area (Å²) < 4.78 is 30.9. The van der Waals surface area contributed by atoms with Gasteiger partial charge in [0.2, 0.25) is 11.1 Å². The normalized spacial score (nSPS) is 24.2. The fourth-order valence-electron chi connectivity index (χ4n) is 4.21. The third-order valence-corrected chi connectivity index (χ3v) is 6.78. The van der Waals surface area contributed by atoms with Gasteiger partial charge in [0, 0.05) is 37.6 Å². The summed E-state index contributed by atoms with van der Waals surface area (Å²) in [4.78, 5) is 13.3. The third-order valence-electron chi connectivity index (χ3n) is 5.28. The lowest BCUT2D eigenvalue weighted by atomic mass is 9.91. The van der Waals surface area contributed by atoms with Crippen LogP contribution < -0.4 is 0 Å². The van der Waals surface area contributed by atoms with E-state index in [4.69, 9.17) is 4.18 Å². The van der Waals surface area contributed by atoms with E-state index in [1.54, 1.807) is 6.26 Å². The number of ketones is 1. The molecule has 1 aromatic rings. The van der Waals surface area contributed by atoms with Crippen molar-refractivity contribution in [1.82, 2.24) is 4.31 Å². The summed E-state index contributed by atoms with van der Waals surface area (Å²) in [7, 11) is -0.990. The van der Waals surface area contributed by atoms with E-state index in [-0.39, 0.29) is 11.7 Å². The Morgan fingerprint density at radius 2 is 1.79 bits per heavy atom. The fourth-order valence-corrected chi connectivity index (χ4v) is 5.40. The summed E-state index contributed by atoms with van der Waals surface area (Å²) in [6.45, 7) is 7.47. The number of carbonyl (C=O) groups excluding carboxylic acids is 1. The molecule has 0 saturated carbocycles. The second kappa shape index (κ2) is 8.43. The number of aryl methyl sites for hydroxylation is 3. The van der Waals surface area contributed by atoms with Crippen LogP contribution in [0.5, 0.6) is 0 Å². The topological polar surface area (TPSA) is 63.7 Å². The Kier molecular flexibility index (Phi) is 6.37. The highest BCUT2D eigenvalue weighted by Gasteiger charge is 2.34. The van der Waals surface area contributed by atoms with Gasteiger partial charge in [0.15, 0.2) is 5.78 Å². The first-order chi connectivity index (χ1) is 13.2. The molecular formula is C21H27NO4S2. The average Bonchev–Trinajstić information content (AvgIpc) is 3.14. The molecule has 3 unspecified atom stereocenters. The number of benzene rings is 1. The van der Waals surface area contributed by atoms with Gasteiger partial charge in [0.25, 0.3) is 0 Å². The van der Waals surface area contributed by atoms with Crippen LogP contribution in [0.2, 0.25) is 0 Å². The second-order valence-corrected chi connectivity index (χ2v) is 9.95. The summed E-state index contributed by atoms with van der Waals surface area (Å²) in [6.07, 6.45) is 6.39. The Balaban J connectivity index is 1.98. The highest BCUT2D eigenvalue weighted by molar-refractivity contribution is 7.81. The summed E-state index contributed by atoms with van der Waals surface area (Å²) in [5, 5.41) is 0. The molecule has 3 atom stereocenters. The molecule has 28 heavy (non-hydrogen) atoms. The van der Waals surface area contributed by atoms with Crippen molar-refractivity contribution in [3.8, 4) is 0 Å². The number of carbonyl (C=O) groups is 1. The van der Waals surface area contributed by atoms with Crippen molar-refractivity contribution >= 4 is 33.4 Å². The van der Waals surface area contributed by atoms with Crippen molar-refractivity contribution in [2.24, 2.45) is 5.92 Å². The molecule has 3 rings (SSSR count). The van der Waals surface area contributed by atoms with Crippen LogP contribution in [0, 0.1) is 26.7 Å². The third kappa shape index (κ3) is 4.36. The molecule has 5 nitrogen and oxygen atoms in total. The van der Waals surface area contributed by atoms with Crippen LogP contribution in [0.1, 0.15) is 35.1 Å². The number of rotatable bonds is 5. The second-order valence-electron chi connectivity index (χ2n) is 7.61. The minimum Gasteiger partial charge on any atom is -0.404 e. The van der Waals surface area contributed by atoms with Gasteiger partial charge >= 0.3 is 0 Å². The molecule has 0 amide bonds. The van der Waals surface area contributed by atoms with E-state index in [0.717, 1.165) is 35.2 Å². The molecule has 7 heteroatoms. The Hall–Kier alpha value is -1.57. The summed E-state index contributed by atoms with van der Waals surface area (Å²) in [5.41, 5.74) is 5.26. The van der Waals surface area contributed by atoms with Crippen LogP contribution in [-0.4, -0.2) is 44.1 Å². The largest absolute Gasteiger partial charge is 0.404 e. The van der Waals surface area contributed by atoms with E-state index in [0.29, 0.717) is 29.9 Å². The van der Waals surface area contributed by atoms with E-state index in [1.165, 1.54) is 6.26 Å². The predicted molar refractivity (Wildman–Crippen MR) is 114 cm³/mol. The van der Waals surface area contributed by atoms with Gasteiger partial charge in [-0.1, -0.05) is 23.8 Å². The number of Topliss-reactive ketones (excluding diaryl/α,β-unsaturated/α-hetero) is 1. The molecule has 0 spiro atoms. The van der Waals surface area contributed by atoms with Crippen LogP contribution in [0.25, 0.3) is 5.57 Å². The number of hydrogen-bond acceptors (Lipinski definition) is 4. The molecule has 152 valence electrons. The van der Waals surface area contributed by atoms with E-state index >= 15 is 0 Å². The van der Waals surface area contributed by atoms with Gasteiger partial charge in [-0.15, -0.1) is 0 Å². The maximum atomic E-state index is 13.3. The minimum absolute atomic E-state index is 0.0495. The van der Waals surface area contributed by atoms with Crippen molar-refractivity contribution in [2.45, 2.75) is 33.6 Å². The van der Waals surface area contributed by atoms with E-state index < -0.39 is 22.1 Å². The Labute approximate surface area is 172 Å². The minimum atomic E-state index is -1.50. The highest BCUT2D eigenvalue weighted by atomic mass is 32.2. The lowest BCUT2D eigenvalue weighted by Crippen LogP contribution is -2.21. The number of hydrogen-bond donors (Lipinski definition) is 0. The SMILES string of the molecule is Cc1cc(C)c(C2=C(OS(C)=O)C/C(=C\C3CCN(S(C)=O)C3)C2=O)c(C)c1. The zero-order valence-corrected chi connectivity index (χ0v) is 18.7. The van der Waals surface area contributed by atoms with Gasteiger partial charge in [-0.3, -0.25) is 4.79 Å². The predicted octanol–water partition coefficient (Wildman–Crippen LogP) is 3.15. The first kappa shape index (κ1) is 21.1. The molecule has 2 aliphatic rings. The zero-order chi connectivity index (χ0) is 20.6. The van der Waals surface area contributed by atoms with Crippen LogP contribution in [0.3, 0.4) is 0 Å². The standard InChI is InChI=1S/C21H27NO4S2/c1-13-8-14(2)19(15(3)9-13)20-18(26-28(5)25)11-17(21(20)23)10-16-6-7-22(12-16)27(4)24/h8-10,16H,6-7,11-12H2,1-5H3/b17-10+. The van der Waals surface area contributed by atoms with Crippen LogP contribution in [0.15, 0.2) is 29.5 Å². The summed E-state index contributed by atoms with van der Waals surface area (Å²) in [6, 6.07) is 4.10. The summed E-state index contributed by atoms with van der Waals surface area (Å²) >= 11 is -1.50. The average molecular weight is 422 g/mol. The Morgan fingerprint density at radius 1 is 1.14 bits per heavy atom. The van der Waals surface area contributed by atoms with Crippen molar-refractivity contribution in [1.29, 1.82) is 0 Å². The maximum Gasteiger partial charge on any atom is 0.202 e. The van der Waals surface area contributed by atoms with Gasteiger partial charge in [0.1, 0.15) is 5.76 Å². The van der Waals surface area contributed by atoms with Gasteiger partial charge in [0.05, 0.1) is 16.6 Å². The molecule has 0 radical (unpaired) electrons. The van der Waals surface area contributed by atoms with Gasteiger partial charge < -0.3 is 4.18 Å². The monoisotopic (exact) mass is 421 g/mol. The molecule has 1 saturated heterocycles. The molecule has 0 N–H and O–H groups in total. The van der Waals surface area contributed by atoms with Crippen molar-refractivity contribution < 1.29 is 17.4 Å². The molecule has 1 aliphatic carbocycles. The molecule has 1 heterocycles. The van der Waals surface area contributed by atoms with E-state index in [2.05, 4.69) is 12.1 Å². The van der Waals surface area contributed by atoms with Crippen molar-refractivity contribution in [2.75, 3.05) is 25.6 Å². The molecule has 0 aromatic heterocycles.